The minimum Gasteiger partial charge on any atom is -0.460 e. The van der Waals surface area contributed by atoms with Crippen molar-refractivity contribution in [2.75, 3.05) is 27.4 Å². The van der Waals surface area contributed by atoms with E-state index in [9.17, 15) is 37.1 Å². The van der Waals surface area contributed by atoms with Crippen LogP contribution >= 0.6 is 34.8 Å². The number of hydrogen-bond donors (Lipinski definition) is 1. The van der Waals surface area contributed by atoms with Crippen LogP contribution in [0.5, 0.6) is 0 Å². The summed E-state index contributed by atoms with van der Waals surface area (Å²) in [7, 11) is -2.51. The van der Waals surface area contributed by atoms with E-state index in [1.54, 1.807) is 97.1 Å². The van der Waals surface area contributed by atoms with Gasteiger partial charge in [0.2, 0.25) is 0 Å². The lowest BCUT2D eigenvalue weighted by molar-refractivity contribution is -0.158. The van der Waals surface area contributed by atoms with Gasteiger partial charge in [-0.15, -0.1) is 0 Å². The lowest BCUT2D eigenvalue weighted by Gasteiger charge is -2.27. The fraction of sp³-hybridized carbons (Fsp3) is 0.185. The van der Waals surface area contributed by atoms with Crippen LogP contribution in [-0.2, 0) is 62.1 Å². The van der Waals surface area contributed by atoms with Crippen LogP contribution < -0.4 is 0 Å². The molecule has 0 radical (unpaired) electrons. The quantitative estimate of drug-likeness (QED) is 0.0110. The largest absolute Gasteiger partial charge is 0.460 e. The van der Waals surface area contributed by atoms with E-state index in [1.807, 2.05) is 24.3 Å². The summed E-state index contributed by atoms with van der Waals surface area (Å²) in [6.07, 6.45) is -0.0474. The Balaban J connectivity index is 0.000000346. The summed E-state index contributed by atoms with van der Waals surface area (Å²) >= 11 is 18.0. The zero-order valence-electron chi connectivity index (χ0n) is 40.3. The second-order valence-electron chi connectivity index (χ2n) is 15.2. The molecule has 0 bridgehead atoms. The van der Waals surface area contributed by atoms with Gasteiger partial charge < -0.3 is 33.7 Å². The van der Waals surface area contributed by atoms with Crippen LogP contribution in [0.1, 0.15) is 22.3 Å². The van der Waals surface area contributed by atoms with Gasteiger partial charge in [0, 0.05) is 24.3 Å². The van der Waals surface area contributed by atoms with E-state index in [-0.39, 0.29) is 15.1 Å². The maximum absolute atomic E-state index is 15.5. The van der Waals surface area contributed by atoms with Crippen LogP contribution in [0.3, 0.4) is 0 Å². The van der Waals surface area contributed by atoms with Gasteiger partial charge in [0.05, 0.1) is 27.5 Å². The van der Waals surface area contributed by atoms with E-state index >= 15 is 4.39 Å². The van der Waals surface area contributed by atoms with Crippen molar-refractivity contribution < 1.29 is 74.3 Å². The van der Waals surface area contributed by atoms with Gasteiger partial charge >= 0.3 is 23.9 Å². The maximum Gasteiger partial charge on any atom is 0.331 e. The molecule has 0 saturated heterocycles. The van der Waals surface area contributed by atoms with Crippen LogP contribution in [-0.4, -0.2) is 114 Å². The van der Waals surface area contributed by atoms with E-state index in [4.69, 9.17) is 57.9 Å². The summed E-state index contributed by atoms with van der Waals surface area (Å²) < 4.78 is 82.3. The Morgan fingerprint density at radius 3 is 1.30 bits per heavy atom. The molecule has 1 N–H and O–H groups in total. The average Bonchev–Trinajstić information content (AvgIpc) is 3.43. The molecule has 5 rings (SSSR count). The molecule has 16 nitrogen and oxygen atoms in total. The van der Waals surface area contributed by atoms with Gasteiger partial charge in [0.15, 0.2) is 30.7 Å². The Morgan fingerprint density at radius 1 is 0.539 bits per heavy atom. The van der Waals surface area contributed by atoms with E-state index in [1.165, 1.54) is 37.5 Å². The standard InChI is InChI=1S/C30H25Cl3FNO8S.C24H24FNO6/c1-40-35-18-25(34)30(42-29(37)15-13-21-10-6-3-7-11-21)26(19-41-28(36)14-12-20-8-4-2-5-9-20)43-44(38,39)27-17-23(32)22(31)16-24(27)33;1-30-26-16-20(25)24(32-23(29)15-13-19-10-6-3-7-11-19)21(27)17-31-22(28)14-12-18-8-4-2-5-9-18/h2-18,25-26,30H,19H2,1H3;2-16,20-21,24,27H,17H2,1H3/b14-12+,15-13+,35-18?;14-12+,15-13+,26-16?/t25-,26-,30+;20-,21-,24+/m11/s1. The Kier molecular flexibility index (Phi) is 26.3. The van der Waals surface area contributed by atoms with Crippen molar-refractivity contribution in [3.05, 3.63) is 195 Å². The smallest absolute Gasteiger partial charge is 0.331 e. The van der Waals surface area contributed by atoms with Crippen molar-refractivity contribution in [2.24, 2.45) is 10.3 Å². The van der Waals surface area contributed by atoms with E-state index < -0.39 is 88.9 Å². The summed E-state index contributed by atoms with van der Waals surface area (Å²) in [6, 6.07) is 37.3. The van der Waals surface area contributed by atoms with Crippen LogP contribution in [0.2, 0.25) is 15.1 Å². The molecule has 0 spiro atoms. The highest BCUT2D eigenvalue weighted by Crippen LogP contribution is 2.33. The minimum atomic E-state index is -4.86. The van der Waals surface area contributed by atoms with Crippen molar-refractivity contribution in [3.8, 4) is 0 Å². The number of ether oxygens (including phenoxy) is 4. The van der Waals surface area contributed by atoms with Gasteiger partial charge in [-0.1, -0.05) is 166 Å². The molecule has 0 aliphatic rings. The Bertz CT molecular complexity index is 2940. The molecule has 0 aliphatic carbocycles. The van der Waals surface area contributed by atoms with Gasteiger partial charge in [-0.3, -0.25) is 4.18 Å². The Hall–Kier alpha value is -7.52. The van der Waals surface area contributed by atoms with Gasteiger partial charge in [0.25, 0.3) is 10.1 Å². The first-order valence-corrected chi connectivity index (χ1v) is 24.9. The molecule has 76 heavy (non-hydrogen) atoms. The molecule has 0 saturated carbocycles. The third kappa shape index (κ3) is 22.1. The molecule has 400 valence electrons. The fourth-order valence-corrected chi connectivity index (χ4v) is 8.03. The zero-order chi connectivity index (χ0) is 55.3. The molecular formula is C54H49Cl3F2N2O14S. The number of hydrogen-bond acceptors (Lipinski definition) is 16. The number of halogens is 5. The monoisotopic (exact) mass is 1120 g/mol. The van der Waals surface area contributed by atoms with E-state index in [0.29, 0.717) is 17.3 Å². The highest BCUT2D eigenvalue weighted by molar-refractivity contribution is 7.87. The number of carbonyl (C=O) groups excluding carboxylic acids is 4. The summed E-state index contributed by atoms with van der Waals surface area (Å²) in [5.74, 6) is -3.63. The zero-order valence-corrected chi connectivity index (χ0v) is 43.4. The number of aliphatic hydroxyl groups excluding tert-OH is 1. The minimum absolute atomic E-state index is 0.0390. The predicted molar refractivity (Wildman–Crippen MR) is 284 cm³/mol. The molecule has 0 aliphatic heterocycles. The first-order chi connectivity index (χ1) is 36.5. The number of carbonyl (C=O) groups is 4. The van der Waals surface area contributed by atoms with Gasteiger partial charge in [-0.2, -0.15) is 8.42 Å². The number of benzene rings is 5. The molecule has 0 amide bonds. The van der Waals surface area contributed by atoms with Gasteiger partial charge in [-0.25, -0.2) is 28.0 Å². The molecule has 0 aromatic heterocycles. The summed E-state index contributed by atoms with van der Waals surface area (Å²) in [5, 5.41) is 16.4. The SMILES string of the molecule is CON=C[C@@H](F)[C@H](OC(=O)/C=C/c1ccccc1)[C@@H](COC(=O)/C=C/c1ccccc1)OS(=O)(=O)c1cc(Cl)c(Cl)cc1Cl.CON=C[C@@H](F)[C@H](OC(=O)/C=C/c1ccccc1)[C@H](O)COC(=O)/C=C/c1ccccc1. The predicted octanol–water partition coefficient (Wildman–Crippen LogP) is 9.77. The van der Waals surface area contributed by atoms with Crippen LogP contribution in [0.15, 0.2) is 173 Å². The molecule has 5 aromatic rings. The highest BCUT2D eigenvalue weighted by atomic mass is 35.5. The normalized spacial score (nSPS) is 14.2. The fourth-order valence-electron chi connectivity index (χ4n) is 5.98. The number of oxime groups is 2. The number of alkyl halides is 2. The highest BCUT2D eigenvalue weighted by Gasteiger charge is 2.39. The number of esters is 4. The second kappa shape index (κ2) is 32.7. The molecule has 0 heterocycles. The summed E-state index contributed by atoms with van der Waals surface area (Å²) in [5.41, 5.74) is 2.81. The summed E-state index contributed by atoms with van der Waals surface area (Å²) in [4.78, 5) is 57.6. The molecule has 0 unspecified atom stereocenters. The van der Waals surface area contributed by atoms with Crippen molar-refractivity contribution in [1.29, 1.82) is 0 Å². The Labute approximate surface area is 452 Å². The molecule has 22 heteroatoms. The van der Waals surface area contributed by atoms with E-state index in [2.05, 4.69) is 20.0 Å². The lowest BCUT2D eigenvalue weighted by Crippen LogP contribution is -2.45. The topological polar surface area (TPSA) is 212 Å². The summed E-state index contributed by atoms with van der Waals surface area (Å²) in [6.45, 7) is -1.49. The van der Waals surface area contributed by atoms with Crippen LogP contribution in [0.4, 0.5) is 8.78 Å². The van der Waals surface area contributed by atoms with E-state index in [0.717, 1.165) is 54.8 Å². The average molecular weight is 1130 g/mol. The van der Waals surface area contributed by atoms with Gasteiger partial charge in [-0.05, 0) is 58.7 Å². The van der Waals surface area contributed by atoms with Crippen molar-refractivity contribution in [2.45, 2.75) is 41.7 Å². The molecule has 5 aromatic carbocycles. The first kappa shape index (κ1) is 61.0. The molecule has 0 fully saturated rings. The van der Waals surface area contributed by atoms with Crippen molar-refractivity contribution >= 4 is 106 Å². The number of aliphatic hydroxyl groups is 1. The number of nitrogens with zero attached hydrogens (tertiary/aromatic N) is 2. The molecule has 6 atom stereocenters. The van der Waals surface area contributed by atoms with Crippen molar-refractivity contribution in [1.82, 2.24) is 0 Å². The second-order valence-corrected chi connectivity index (χ2v) is 17.9. The van der Waals surface area contributed by atoms with Gasteiger partial charge in [0.1, 0.15) is 38.4 Å². The van der Waals surface area contributed by atoms with Crippen LogP contribution in [0, 0.1) is 0 Å². The number of rotatable bonds is 25. The third-order valence-electron chi connectivity index (χ3n) is 9.62. The van der Waals surface area contributed by atoms with Crippen molar-refractivity contribution in [3.63, 3.8) is 0 Å². The first-order valence-electron chi connectivity index (χ1n) is 22.3. The third-order valence-corrected chi connectivity index (χ3v) is 12.1. The molecular weight excluding hydrogens is 1080 g/mol. The Morgan fingerprint density at radius 2 is 0.895 bits per heavy atom. The lowest BCUT2D eigenvalue weighted by atomic mass is 10.1. The van der Waals surface area contributed by atoms with Crippen LogP contribution in [0.25, 0.3) is 24.3 Å². The maximum atomic E-state index is 15.5.